The number of halogens is 2. The Balaban J connectivity index is 1.82. The molecule has 3 aromatic carbocycles. The number of esters is 2. The molecule has 142 valence electrons. The molecule has 3 rings (SSSR count). The Bertz CT molecular complexity index is 998. The Labute approximate surface area is 189 Å². The van der Waals surface area contributed by atoms with E-state index in [1.807, 2.05) is 24.3 Å². The third-order valence-corrected chi connectivity index (χ3v) is 5.14. The van der Waals surface area contributed by atoms with Crippen molar-refractivity contribution in [3.05, 3.63) is 85.0 Å². The monoisotopic (exact) mass is 600 g/mol. The first-order valence-electron chi connectivity index (χ1n) is 8.10. The van der Waals surface area contributed by atoms with E-state index >= 15 is 0 Å². The van der Waals surface area contributed by atoms with E-state index in [4.69, 9.17) is 14.2 Å². The van der Waals surface area contributed by atoms with Crippen molar-refractivity contribution in [1.82, 2.24) is 0 Å². The molecule has 0 aromatic heterocycles. The summed E-state index contributed by atoms with van der Waals surface area (Å²) in [5.41, 5.74) is 0.354. The van der Waals surface area contributed by atoms with Crippen LogP contribution in [0.4, 0.5) is 0 Å². The number of hydrogen-bond donors (Lipinski definition) is 0. The van der Waals surface area contributed by atoms with Crippen LogP contribution < -0.4 is 14.2 Å². The van der Waals surface area contributed by atoms with E-state index in [1.165, 1.54) is 25.3 Å². The zero-order valence-electron chi connectivity index (χ0n) is 14.6. The van der Waals surface area contributed by atoms with Crippen LogP contribution >= 0.6 is 45.2 Å². The lowest BCUT2D eigenvalue weighted by Crippen LogP contribution is -2.14. The van der Waals surface area contributed by atoms with Gasteiger partial charge in [0.25, 0.3) is 0 Å². The molecule has 28 heavy (non-hydrogen) atoms. The van der Waals surface area contributed by atoms with Gasteiger partial charge < -0.3 is 14.2 Å². The average Bonchev–Trinajstić information content (AvgIpc) is 2.70. The average molecular weight is 600 g/mol. The molecule has 0 unspecified atom stereocenters. The minimum absolute atomic E-state index is 0.137. The topological polar surface area (TPSA) is 61.8 Å². The molecule has 0 heterocycles. The van der Waals surface area contributed by atoms with Gasteiger partial charge in [-0.15, -0.1) is 0 Å². The lowest BCUT2D eigenvalue weighted by molar-refractivity contribution is 0.0731. The van der Waals surface area contributed by atoms with Gasteiger partial charge in [-0.25, -0.2) is 9.59 Å². The summed E-state index contributed by atoms with van der Waals surface area (Å²) in [5, 5.41) is 0. The summed E-state index contributed by atoms with van der Waals surface area (Å²) in [4.78, 5) is 25.0. The van der Waals surface area contributed by atoms with Gasteiger partial charge in [-0.1, -0.05) is 0 Å². The molecule has 0 atom stereocenters. The fourth-order valence-corrected chi connectivity index (χ4v) is 3.05. The summed E-state index contributed by atoms with van der Waals surface area (Å²) < 4.78 is 18.0. The van der Waals surface area contributed by atoms with Crippen molar-refractivity contribution in [2.45, 2.75) is 0 Å². The molecule has 0 saturated heterocycles. The van der Waals surface area contributed by atoms with E-state index in [-0.39, 0.29) is 11.1 Å². The molecule has 0 N–H and O–H groups in total. The Kier molecular flexibility index (Phi) is 6.89. The van der Waals surface area contributed by atoms with Crippen LogP contribution in [0.15, 0.2) is 66.7 Å². The summed E-state index contributed by atoms with van der Waals surface area (Å²) in [6.45, 7) is 0. The predicted octanol–water partition coefficient (Wildman–Crippen LogP) is 5.34. The van der Waals surface area contributed by atoms with Crippen LogP contribution in [0.2, 0.25) is 0 Å². The van der Waals surface area contributed by atoms with Crippen molar-refractivity contribution >= 4 is 57.1 Å². The van der Waals surface area contributed by atoms with Gasteiger partial charge in [0.05, 0.1) is 12.7 Å². The second-order valence-corrected chi connectivity index (χ2v) is 8.09. The number of carbonyl (C=O) groups is 2. The lowest BCUT2D eigenvalue weighted by atomic mass is 10.1. The zero-order valence-corrected chi connectivity index (χ0v) is 19.0. The van der Waals surface area contributed by atoms with E-state index in [2.05, 4.69) is 45.2 Å². The van der Waals surface area contributed by atoms with Gasteiger partial charge in [0.1, 0.15) is 22.8 Å². The summed E-state index contributed by atoms with van der Waals surface area (Å²) in [7, 11) is 1.45. The van der Waals surface area contributed by atoms with Crippen LogP contribution in [-0.4, -0.2) is 19.0 Å². The molecular formula is C21H14I2O5. The van der Waals surface area contributed by atoms with Crippen LogP contribution in [0.25, 0.3) is 0 Å². The smallest absolute Gasteiger partial charge is 0.347 e. The highest BCUT2D eigenvalue weighted by atomic mass is 127. The fraction of sp³-hybridized carbons (Fsp3) is 0.0476. The molecule has 0 aliphatic rings. The highest BCUT2D eigenvalue weighted by Gasteiger charge is 2.19. The van der Waals surface area contributed by atoms with Crippen LogP contribution in [0.1, 0.15) is 20.7 Å². The van der Waals surface area contributed by atoms with Crippen molar-refractivity contribution in [3.8, 4) is 17.2 Å². The predicted molar refractivity (Wildman–Crippen MR) is 121 cm³/mol. The normalized spacial score (nSPS) is 10.2. The molecule has 0 fully saturated rings. The quantitative estimate of drug-likeness (QED) is 0.225. The maximum Gasteiger partial charge on any atom is 0.347 e. The molecule has 3 aromatic rings. The van der Waals surface area contributed by atoms with Crippen molar-refractivity contribution in [2.75, 3.05) is 7.11 Å². The van der Waals surface area contributed by atoms with E-state index < -0.39 is 11.9 Å². The third kappa shape index (κ3) is 5.22. The van der Waals surface area contributed by atoms with Gasteiger partial charge >= 0.3 is 11.9 Å². The molecule has 0 aliphatic carbocycles. The van der Waals surface area contributed by atoms with Gasteiger partial charge in [0.2, 0.25) is 0 Å². The van der Waals surface area contributed by atoms with Crippen LogP contribution in [0, 0.1) is 7.14 Å². The SMILES string of the molecule is COc1ccc(C(=O)Oc2ccc(I)cc2)cc1C(=O)Oc1ccc(I)cc1. The summed E-state index contributed by atoms with van der Waals surface area (Å²) in [6, 6.07) is 18.6. The van der Waals surface area contributed by atoms with Crippen LogP contribution in [0.3, 0.4) is 0 Å². The number of carbonyl (C=O) groups excluding carboxylic acids is 2. The van der Waals surface area contributed by atoms with Crippen molar-refractivity contribution < 1.29 is 23.8 Å². The summed E-state index contributed by atoms with van der Waals surface area (Å²) >= 11 is 4.33. The third-order valence-electron chi connectivity index (χ3n) is 3.70. The standard InChI is InChI=1S/C21H14I2O5/c1-26-19-11-2-13(20(24)27-16-7-3-14(22)4-8-16)12-18(19)21(25)28-17-9-5-15(23)6-10-17/h2-12H,1H3. The maximum atomic E-state index is 12.6. The molecule has 0 bridgehead atoms. The van der Waals surface area contributed by atoms with E-state index in [0.717, 1.165) is 7.14 Å². The molecule has 0 aliphatic heterocycles. The molecule has 0 radical (unpaired) electrons. The maximum absolute atomic E-state index is 12.6. The van der Waals surface area contributed by atoms with Gasteiger partial charge in [-0.3, -0.25) is 0 Å². The molecule has 0 saturated carbocycles. The second-order valence-electron chi connectivity index (χ2n) is 5.60. The Hall–Kier alpha value is -2.14. The van der Waals surface area contributed by atoms with E-state index in [1.54, 1.807) is 24.3 Å². The largest absolute Gasteiger partial charge is 0.496 e. The molecule has 0 amide bonds. The zero-order chi connectivity index (χ0) is 20.1. The van der Waals surface area contributed by atoms with Gasteiger partial charge in [-0.05, 0) is 112 Å². The van der Waals surface area contributed by atoms with Crippen molar-refractivity contribution in [2.24, 2.45) is 0 Å². The van der Waals surface area contributed by atoms with Crippen molar-refractivity contribution in [1.29, 1.82) is 0 Å². The van der Waals surface area contributed by atoms with Gasteiger partial charge in [0, 0.05) is 7.14 Å². The number of benzene rings is 3. The fourth-order valence-electron chi connectivity index (χ4n) is 2.33. The molecular weight excluding hydrogens is 586 g/mol. The molecule has 7 heteroatoms. The summed E-state index contributed by atoms with van der Waals surface area (Å²) in [5.74, 6) is -0.0703. The number of rotatable bonds is 5. The van der Waals surface area contributed by atoms with Crippen LogP contribution in [-0.2, 0) is 0 Å². The minimum Gasteiger partial charge on any atom is -0.496 e. The first-order chi connectivity index (χ1) is 13.5. The van der Waals surface area contributed by atoms with Crippen LogP contribution in [0.5, 0.6) is 17.2 Å². The second kappa shape index (κ2) is 9.37. The van der Waals surface area contributed by atoms with Gasteiger partial charge in [-0.2, -0.15) is 0 Å². The number of hydrogen-bond acceptors (Lipinski definition) is 5. The van der Waals surface area contributed by atoms with E-state index in [0.29, 0.717) is 17.2 Å². The minimum atomic E-state index is -0.623. The highest BCUT2D eigenvalue weighted by molar-refractivity contribution is 14.1. The number of ether oxygens (including phenoxy) is 3. The Morgan fingerprint density at radius 1 is 0.714 bits per heavy atom. The van der Waals surface area contributed by atoms with E-state index in [9.17, 15) is 9.59 Å². The van der Waals surface area contributed by atoms with Gasteiger partial charge in [0.15, 0.2) is 0 Å². The molecule has 0 spiro atoms. The first kappa shape index (κ1) is 20.6. The molecule has 5 nitrogen and oxygen atoms in total. The highest BCUT2D eigenvalue weighted by Crippen LogP contribution is 2.24. The van der Waals surface area contributed by atoms with Crippen molar-refractivity contribution in [3.63, 3.8) is 0 Å². The first-order valence-corrected chi connectivity index (χ1v) is 10.3. The summed E-state index contributed by atoms with van der Waals surface area (Å²) in [6.07, 6.45) is 0. The Morgan fingerprint density at radius 2 is 1.21 bits per heavy atom. The lowest BCUT2D eigenvalue weighted by Gasteiger charge is -2.11. The Morgan fingerprint density at radius 3 is 1.71 bits per heavy atom. The number of methoxy groups -OCH3 is 1.